The summed E-state index contributed by atoms with van der Waals surface area (Å²) >= 11 is 0. The van der Waals surface area contributed by atoms with Crippen molar-refractivity contribution in [3.63, 3.8) is 0 Å². The molecule has 2 aromatic carbocycles. The Balaban J connectivity index is 1.92. The molecule has 8 heteroatoms. The highest BCUT2D eigenvalue weighted by atomic mass is 32.2. The van der Waals surface area contributed by atoms with Gasteiger partial charge in [0.05, 0.1) is 11.5 Å². The van der Waals surface area contributed by atoms with E-state index in [1.54, 1.807) is 25.1 Å². The number of rotatable bonds is 5. The van der Waals surface area contributed by atoms with Crippen LogP contribution in [-0.4, -0.2) is 20.9 Å². The molecular formula is C18H18N2O5S. The maximum absolute atomic E-state index is 12.6. The first-order chi connectivity index (χ1) is 12.3. The standard InChI is InChI=1S/C18H18N2O5S/c1-3-24-13-7-8-16-15(10-13)11(2)17(25-16)18(21)20-12-5-4-6-14(9-12)26(19,22)23/h4-10H,3H2,1-2H3,(H,20,21)(H2,19,22,23). The number of furan rings is 1. The zero-order valence-corrected chi connectivity index (χ0v) is 15.1. The van der Waals surface area contributed by atoms with Crippen LogP contribution in [0.5, 0.6) is 5.75 Å². The van der Waals surface area contributed by atoms with Crippen LogP contribution in [0.3, 0.4) is 0 Å². The molecule has 1 amide bonds. The Morgan fingerprint density at radius 3 is 2.69 bits per heavy atom. The Kier molecular flexibility index (Phi) is 4.71. The summed E-state index contributed by atoms with van der Waals surface area (Å²) in [7, 11) is -3.85. The molecule has 0 radical (unpaired) electrons. The molecule has 0 aliphatic heterocycles. The van der Waals surface area contributed by atoms with Gasteiger partial charge in [0.2, 0.25) is 10.0 Å². The molecule has 7 nitrogen and oxygen atoms in total. The van der Waals surface area contributed by atoms with Gasteiger partial charge in [0.15, 0.2) is 5.76 Å². The highest BCUT2D eigenvalue weighted by molar-refractivity contribution is 7.89. The minimum absolute atomic E-state index is 0.0852. The molecule has 0 aliphatic carbocycles. The van der Waals surface area contributed by atoms with Gasteiger partial charge in [-0.3, -0.25) is 4.79 Å². The largest absolute Gasteiger partial charge is 0.494 e. The van der Waals surface area contributed by atoms with E-state index in [1.807, 2.05) is 13.0 Å². The molecule has 0 unspecified atom stereocenters. The number of hydrogen-bond donors (Lipinski definition) is 2. The van der Waals surface area contributed by atoms with Crippen LogP contribution in [0.25, 0.3) is 11.0 Å². The van der Waals surface area contributed by atoms with Crippen LogP contribution in [0.1, 0.15) is 23.0 Å². The van der Waals surface area contributed by atoms with Crippen molar-refractivity contribution in [2.24, 2.45) is 5.14 Å². The number of ether oxygens (including phenoxy) is 1. The van der Waals surface area contributed by atoms with E-state index in [0.717, 1.165) is 5.39 Å². The Morgan fingerprint density at radius 2 is 2.00 bits per heavy atom. The summed E-state index contributed by atoms with van der Waals surface area (Å²) in [6, 6.07) is 11.0. The number of anilines is 1. The topological polar surface area (TPSA) is 112 Å². The number of carbonyl (C=O) groups is 1. The lowest BCUT2D eigenvalue weighted by atomic mass is 10.1. The fourth-order valence-electron chi connectivity index (χ4n) is 2.61. The molecule has 1 heterocycles. The minimum atomic E-state index is -3.85. The normalized spacial score (nSPS) is 11.5. The molecule has 136 valence electrons. The van der Waals surface area contributed by atoms with Crippen molar-refractivity contribution < 1.29 is 22.4 Å². The molecular weight excluding hydrogens is 356 g/mol. The van der Waals surface area contributed by atoms with Crippen LogP contribution >= 0.6 is 0 Å². The number of amides is 1. The molecule has 1 aromatic heterocycles. The van der Waals surface area contributed by atoms with Gasteiger partial charge < -0.3 is 14.5 Å². The minimum Gasteiger partial charge on any atom is -0.494 e. The Morgan fingerprint density at radius 1 is 1.23 bits per heavy atom. The van der Waals surface area contributed by atoms with E-state index in [-0.39, 0.29) is 10.7 Å². The van der Waals surface area contributed by atoms with Crippen molar-refractivity contribution in [3.05, 3.63) is 53.8 Å². The van der Waals surface area contributed by atoms with E-state index < -0.39 is 15.9 Å². The zero-order valence-electron chi connectivity index (χ0n) is 14.3. The fraction of sp³-hybridized carbons (Fsp3) is 0.167. The van der Waals surface area contributed by atoms with Crippen molar-refractivity contribution >= 4 is 32.6 Å². The second-order valence-corrected chi connectivity index (χ2v) is 7.24. The molecule has 0 atom stereocenters. The summed E-state index contributed by atoms with van der Waals surface area (Å²) in [6.45, 7) is 4.20. The highest BCUT2D eigenvalue weighted by Crippen LogP contribution is 2.29. The van der Waals surface area contributed by atoms with Crippen molar-refractivity contribution in [2.75, 3.05) is 11.9 Å². The average molecular weight is 374 g/mol. The molecule has 0 fully saturated rings. The number of carbonyl (C=O) groups excluding carboxylic acids is 1. The monoisotopic (exact) mass is 374 g/mol. The molecule has 0 saturated heterocycles. The SMILES string of the molecule is CCOc1ccc2oc(C(=O)Nc3cccc(S(N)(=O)=O)c3)c(C)c2c1. The second kappa shape index (κ2) is 6.81. The Bertz CT molecular complexity index is 1090. The first kappa shape index (κ1) is 18.0. The third kappa shape index (κ3) is 3.56. The molecule has 26 heavy (non-hydrogen) atoms. The van der Waals surface area contributed by atoms with Crippen molar-refractivity contribution in [2.45, 2.75) is 18.7 Å². The number of primary sulfonamides is 1. The second-order valence-electron chi connectivity index (χ2n) is 5.67. The number of nitrogens with one attached hydrogen (secondary N) is 1. The molecule has 3 N–H and O–H groups in total. The van der Waals surface area contributed by atoms with Crippen LogP contribution in [0, 0.1) is 6.92 Å². The van der Waals surface area contributed by atoms with Crippen molar-refractivity contribution in [1.29, 1.82) is 0 Å². The molecule has 0 aliphatic rings. The van der Waals surface area contributed by atoms with E-state index in [0.29, 0.717) is 29.2 Å². The number of aryl methyl sites for hydroxylation is 1. The van der Waals surface area contributed by atoms with Crippen molar-refractivity contribution in [1.82, 2.24) is 0 Å². The number of sulfonamides is 1. The summed E-state index contributed by atoms with van der Waals surface area (Å²) in [5, 5.41) is 8.52. The molecule has 0 saturated carbocycles. The van der Waals surface area contributed by atoms with Gasteiger partial charge in [-0.15, -0.1) is 0 Å². The third-order valence-corrected chi connectivity index (χ3v) is 4.76. The van der Waals surface area contributed by atoms with Gasteiger partial charge in [0, 0.05) is 16.6 Å². The summed E-state index contributed by atoms with van der Waals surface area (Å²) in [5.74, 6) is 0.356. The smallest absolute Gasteiger partial charge is 0.291 e. The van der Waals surface area contributed by atoms with Gasteiger partial charge in [-0.2, -0.15) is 0 Å². The Hall–Kier alpha value is -2.84. The van der Waals surface area contributed by atoms with E-state index in [2.05, 4.69) is 5.32 Å². The highest BCUT2D eigenvalue weighted by Gasteiger charge is 2.19. The number of benzene rings is 2. The van der Waals surface area contributed by atoms with Crippen molar-refractivity contribution in [3.8, 4) is 5.75 Å². The predicted octanol–water partition coefficient (Wildman–Crippen LogP) is 3.04. The van der Waals surface area contributed by atoms with Gasteiger partial charge in [-0.25, -0.2) is 13.6 Å². The summed E-state index contributed by atoms with van der Waals surface area (Å²) < 4.78 is 34.0. The maximum atomic E-state index is 12.6. The van der Waals surface area contributed by atoms with E-state index >= 15 is 0 Å². The van der Waals surface area contributed by atoms with Gasteiger partial charge in [-0.05, 0) is 50.2 Å². The van der Waals surface area contributed by atoms with E-state index in [9.17, 15) is 13.2 Å². The number of hydrogen-bond acceptors (Lipinski definition) is 5. The van der Waals surface area contributed by atoms with Gasteiger partial charge in [-0.1, -0.05) is 6.07 Å². The van der Waals surface area contributed by atoms with Gasteiger partial charge >= 0.3 is 0 Å². The van der Waals surface area contributed by atoms with Crippen LogP contribution < -0.4 is 15.2 Å². The van der Waals surface area contributed by atoms with E-state index in [4.69, 9.17) is 14.3 Å². The summed E-state index contributed by atoms with van der Waals surface area (Å²) in [5.41, 5.74) is 1.53. The first-order valence-corrected chi connectivity index (χ1v) is 9.44. The lowest BCUT2D eigenvalue weighted by molar-refractivity contribution is 0.0998. The van der Waals surface area contributed by atoms with Gasteiger partial charge in [0.1, 0.15) is 11.3 Å². The number of fused-ring (bicyclic) bond motifs is 1. The van der Waals surface area contributed by atoms with Crippen LogP contribution in [-0.2, 0) is 10.0 Å². The van der Waals surface area contributed by atoms with Crippen LogP contribution in [0.4, 0.5) is 5.69 Å². The molecule has 0 bridgehead atoms. The summed E-state index contributed by atoms with van der Waals surface area (Å²) in [6.07, 6.45) is 0. The van der Waals surface area contributed by atoms with Gasteiger partial charge in [0.25, 0.3) is 5.91 Å². The summed E-state index contributed by atoms with van der Waals surface area (Å²) in [4.78, 5) is 12.5. The predicted molar refractivity (Wildman–Crippen MR) is 97.9 cm³/mol. The molecule has 0 spiro atoms. The molecule has 3 rings (SSSR count). The third-order valence-electron chi connectivity index (χ3n) is 3.85. The lowest BCUT2D eigenvalue weighted by Gasteiger charge is -2.05. The first-order valence-electron chi connectivity index (χ1n) is 7.89. The fourth-order valence-corrected chi connectivity index (χ4v) is 3.17. The van der Waals surface area contributed by atoms with Crippen LogP contribution in [0.2, 0.25) is 0 Å². The lowest BCUT2D eigenvalue weighted by Crippen LogP contribution is -2.15. The molecule has 3 aromatic rings. The number of nitrogens with two attached hydrogens (primary N) is 1. The Labute approximate surface area is 150 Å². The zero-order chi connectivity index (χ0) is 18.9. The average Bonchev–Trinajstić information content (AvgIpc) is 2.91. The van der Waals surface area contributed by atoms with Crippen LogP contribution in [0.15, 0.2) is 51.8 Å². The quantitative estimate of drug-likeness (QED) is 0.713. The maximum Gasteiger partial charge on any atom is 0.291 e. The van der Waals surface area contributed by atoms with E-state index in [1.165, 1.54) is 18.2 Å².